The van der Waals surface area contributed by atoms with Crippen LogP contribution in [0.15, 0.2) is 140 Å². The Bertz CT molecular complexity index is 2040. The first-order chi connectivity index (χ1) is 24.4. The van der Waals surface area contributed by atoms with Gasteiger partial charge in [-0.15, -0.1) is 0 Å². The lowest BCUT2D eigenvalue weighted by Gasteiger charge is -2.46. The van der Waals surface area contributed by atoms with Gasteiger partial charge in [-0.2, -0.15) is 0 Å². The molecule has 8 rings (SSSR count). The average Bonchev–Trinajstić information content (AvgIpc) is 3.64. The van der Waals surface area contributed by atoms with Gasteiger partial charge in [0.25, 0.3) is 0 Å². The third kappa shape index (κ3) is 4.97. The molecule has 0 aliphatic carbocycles. The number of phenolic OH excluding ortho intramolecular Hbond substituents is 1. The quantitative estimate of drug-likeness (QED) is 0.169. The van der Waals surface area contributed by atoms with Crippen LogP contribution in [0, 0.1) is 5.92 Å². The summed E-state index contributed by atoms with van der Waals surface area (Å²) in [5.74, 6) is -2.86. The Hall–Kier alpha value is -5.77. The molecule has 2 amide bonds. The Morgan fingerprint density at radius 1 is 0.760 bits per heavy atom. The molecule has 0 radical (unpaired) electrons. The van der Waals surface area contributed by atoms with E-state index >= 15 is 0 Å². The van der Waals surface area contributed by atoms with E-state index in [0.717, 1.165) is 11.1 Å². The Morgan fingerprint density at radius 3 is 2.04 bits per heavy atom. The molecule has 0 saturated carbocycles. The number of nitrogens with zero attached hydrogens (tertiary/aromatic N) is 1. The van der Waals surface area contributed by atoms with Crippen LogP contribution in [0.1, 0.15) is 52.1 Å². The number of fused-ring (bicyclic) bond motifs is 3. The number of phenols is 1. The fourth-order valence-electron chi connectivity index (χ4n) is 8.31. The summed E-state index contributed by atoms with van der Waals surface area (Å²) >= 11 is 0. The highest BCUT2D eigenvalue weighted by molar-refractivity contribution is 6.12. The summed E-state index contributed by atoms with van der Waals surface area (Å²) in [6, 6.07) is 39.3. The van der Waals surface area contributed by atoms with E-state index in [0.29, 0.717) is 22.4 Å². The van der Waals surface area contributed by atoms with Crippen molar-refractivity contribution in [2.75, 3.05) is 11.9 Å². The van der Waals surface area contributed by atoms with E-state index in [-0.39, 0.29) is 12.3 Å². The highest BCUT2D eigenvalue weighted by Gasteiger charge is 2.73. The van der Waals surface area contributed by atoms with Gasteiger partial charge >= 0.3 is 5.97 Å². The highest BCUT2D eigenvalue weighted by Crippen LogP contribution is 2.64. The van der Waals surface area contributed by atoms with E-state index in [4.69, 9.17) is 4.74 Å². The minimum Gasteiger partial charge on any atom is -0.508 e. The molecular weight excluding hydrogens is 630 g/mol. The maximum absolute atomic E-state index is 14.9. The highest BCUT2D eigenvalue weighted by atomic mass is 16.6. The molecule has 2 fully saturated rings. The molecule has 7 atom stereocenters. The molecule has 3 aliphatic heterocycles. The Balaban J connectivity index is 1.36. The summed E-state index contributed by atoms with van der Waals surface area (Å²) in [7, 11) is 0. The van der Waals surface area contributed by atoms with Gasteiger partial charge in [0.15, 0.2) is 0 Å². The zero-order valence-corrected chi connectivity index (χ0v) is 26.9. The van der Waals surface area contributed by atoms with Crippen molar-refractivity contribution in [2.45, 2.75) is 35.7 Å². The van der Waals surface area contributed by atoms with E-state index in [1.165, 1.54) is 0 Å². The molecule has 250 valence electrons. The van der Waals surface area contributed by atoms with Crippen molar-refractivity contribution in [1.29, 1.82) is 0 Å². The number of benzene rings is 5. The molecular formula is C41H35N3O6. The van der Waals surface area contributed by atoms with E-state index in [9.17, 15) is 24.6 Å². The van der Waals surface area contributed by atoms with Crippen LogP contribution >= 0.6 is 0 Å². The number of carbonyl (C=O) groups is 3. The number of aliphatic hydroxyl groups is 1. The van der Waals surface area contributed by atoms with Crippen molar-refractivity contribution >= 4 is 23.5 Å². The van der Waals surface area contributed by atoms with Gasteiger partial charge in [-0.05, 0) is 46.0 Å². The molecule has 5 aromatic rings. The van der Waals surface area contributed by atoms with Crippen molar-refractivity contribution in [3.63, 3.8) is 0 Å². The number of aliphatic hydroxyl groups excluding tert-OH is 1. The molecule has 0 bridgehead atoms. The Labute approximate surface area is 289 Å². The molecule has 2 saturated heterocycles. The number of aromatic hydroxyl groups is 1. The summed E-state index contributed by atoms with van der Waals surface area (Å²) in [5, 5.41) is 27.4. The molecule has 1 spiro atoms. The second-order valence-electron chi connectivity index (χ2n) is 13.0. The van der Waals surface area contributed by atoms with Crippen molar-refractivity contribution in [3.8, 4) is 5.75 Å². The number of esters is 1. The normalized spacial score (nSPS) is 26.1. The first kappa shape index (κ1) is 31.5. The number of anilines is 1. The standard InChI is InChI=1S/C41H35N3O6/c45-29-22-20-28(21-23-29)37-41(30-18-10-11-19-31(30)43-40(41)49)33(38(47)42-24-32(46)25-12-4-1-5-13-25)35-39(48)50-36(27-16-8-3-9-17-27)34(44(35)37)26-14-6-2-7-15-26/h1-23,32-37,45-46H,24H2,(H,42,47)(H,43,49)/t32-,33-,34-,35-,36+,37+,41-/m0/s1. The molecule has 9 nitrogen and oxygen atoms in total. The topological polar surface area (TPSA) is 128 Å². The number of para-hydroxylation sites is 1. The summed E-state index contributed by atoms with van der Waals surface area (Å²) in [6.45, 7) is -0.140. The smallest absolute Gasteiger partial charge is 0.324 e. The minimum absolute atomic E-state index is 0.0395. The second-order valence-corrected chi connectivity index (χ2v) is 13.0. The van der Waals surface area contributed by atoms with Gasteiger partial charge in [0.1, 0.15) is 23.3 Å². The van der Waals surface area contributed by atoms with Crippen molar-refractivity contribution in [1.82, 2.24) is 10.2 Å². The lowest BCUT2D eigenvalue weighted by Crippen LogP contribution is -2.55. The first-order valence-corrected chi connectivity index (χ1v) is 16.7. The number of carbonyl (C=O) groups excluding carboxylic acids is 3. The third-order valence-electron chi connectivity index (χ3n) is 10.4. The van der Waals surface area contributed by atoms with Gasteiger partial charge in [-0.25, -0.2) is 0 Å². The van der Waals surface area contributed by atoms with Crippen molar-refractivity contribution in [3.05, 3.63) is 167 Å². The molecule has 0 aromatic heterocycles. The molecule has 3 aliphatic rings. The molecule has 4 N–H and O–H groups in total. The van der Waals surface area contributed by atoms with Crippen molar-refractivity contribution < 1.29 is 29.3 Å². The predicted octanol–water partition coefficient (Wildman–Crippen LogP) is 5.51. The predicted molar refractivity (Wildman–Crippen MR) is 186 cm³/mol. The van der Waals surface area contributed by atoms with Crippen LogP contribution in [-0.4, -0.2) is 45.5 Å². The van der Waals surface area contributed by atoms with Crippen LogP contribution in [0.2, 0.25) is 0 Å². The molecule has 5 aromatic carbocycles. The van der Waals surface area contributed by atoms with Gasteiger partial charge in [0.2, 0.25) is 11.8 Å². The summed E-state index contributed by atoms with van der Waals surface area (Å²) < 4.78 is 6.38. The van der Waals surface area contributed by atoms with Gasteiger partial charge < -0.3 is 25.6 Å². The minimum atomic E-state index is -1.61. The number of amides is 2. The van der Waals surface area contributed by atoms with Gasteiger partial charge in [0, 0.05) is 12.2 Å². The number of rotatable bonds is 7. The van der Waals surface area contributed by atoms with Gasteiger partial charge in [0.05, 0.1) is 24.1 Å². The number of hydrogen-bond acceptors (Lipinski definition) is 7. The van der Waals surface area contributed by atoms with E-state index in [1.807, 2.05) is 89.8 Å². The molecule has 3 heterocycles. The average molecular weight is 666 g/mol. The lowest BCUT2D eigenvalue weighted by molar-refractivity contribution is -0.178. The SMILES string of the molecule is O=C1O[C@H](c2ccccc2)[C@H](c2ccccc2)N2[C@H]1[C@@H](C(=O)NC[C@H](O)c1ccccc1)[C@]1(C(=O)Nc3ccccc31)[C@H]2c1ccc(O)cc1. The zero-order chi connectivity index (χ0) is 34.4. The zero-order valence-electron chi connectivity index (χ0n) is 26.9. The summed E-state index contributed by atoms with van der Waals surface area (Å²) in [4.78, 5) is 46.3. The summed E-state index contributed by atoms with van der Waals surface area (Å²) in [6.07, 6.45) is -1.80. The number of hydrogen-bond donors (Lipinski definition) is 4. The van der Waals surface area contributed by atoms with E-state index in [1.54, 1.807) is 54.6 Å². The number of ether oxygens (including phenoxy) is 1. The van der Waals surface area contributed by atoms with Crippen molar-refractivity contribution in [2.24, 2.45) is 5.92 Å². The van der Waals surface area contributed by atoms with Crippen LogP contribution in [0.4, 0.5) is 5.69 Å². The van der Waals surface area contributed by atoms with E-state index in [2.05, 4.69) is 10.6 Å². The molecule has 0 unspecified atom stereocenters. The van der Waals surface area contributed by atoms with Crippen LogP contribution in [0.3, 0.4) is 0 Å². The lowest BCUT2D eigenvalue weighted by atomic mass is 9.65. The third-order valence-corrected chi connectivity index (χ3v) is 10.4. The summed E-state index contributed by atoms with van der Waals surface area (Å²) in [5.41, 5.74) is 2.38. The second kappa shape index (κ2) is 12.6. The largest absolute Gasteiger partial charge is 0.508 e. The molecule has 9 heteroatoms. The van der Waals surface area contributed by atoms with Gasteiger partial charge in [-0.3, -0.25) is 19.3 Å². The first-order valence-electron chi connectivity index (χ1n) is 16.7. The maximum Gasteiger partial charge on any atom is 0.324 e. The van der Waals surface area contributed by atoms with Crippen LogP contribution in [0.25, 0.3) is 0 Å². The fourth-order valence-corrected chi connectivity index (χ4v) is 8.31. The number of morpholine rings is 1. The number of cyclic esters (lactones) is 1. The number of nitrogens with one attached hydrogen (secondary N) is 2. The van der Waals surface area contributed by atoms with E-state index < -0.39 is 59.5 Å². The van der Waals surface area contributed by atoms with Gasteiger partial charge in [-0.1, -0.05) is 121 Å². The van der Waals surface area contributed by atoms with Crippen LogP contribution in [0.5, 0.6) is 5.75 Å². The Morgan fingerprint density at radius 2 is 1.36 bits per heavy atom. The molecule has 50 heavy (non-hydrogen) atoms. The van der Waals surface area contributed by atoms with Crippen LogP contribution < -0.4 is 10.6 Å². The Kier molecular flexibility index (Phi) is 7.94. The monoisotopic (exact) mass is 665 g/mol. The van der Waals surface area contributed by atoms with Crippen LogP contribution in [-0.2, 0) is 24.5 Å². The maximum atomic E-state index is 14.9. The fraction of sp³-hybridized carbons (Fsp3) is 0.195.